The first-order chi connectivity index (χ1) is 12.7. The average molecular weight is 370 g/mol. The molecule has 0 bridgehead atoms. The number of hydrogen-bond acceptors (Lipinski definition) is 4. The molecule has 1 saturated heterocycles. The van der Waals surface area contributed by atoms with Crippen molar-refractivity contribution < 1.29 is 9.59 Å². The average Bonchev–Trinajstić information content (AvgIpc) is 2.65. The molecule has 0 atom stereocenters. The SMILES string of the molecule is CN(C)CC(C)(C)CNC(=O)C1CCN(C(=O)c2ccc(C#N)cc2)CC1. The van der Waals surface area contributed by atoms with Crippen molar-refractivity contribution >= 4 is 11.8 Å². The minimum Gasteiger partial charge on any atom is -0.355 e. The van der Waals surface area contributed by atoms with Crippen LogP contribution in [-0.2, 0) is 4.79 Å². The Morgan fingerprint density at radius 1 is 1.22 bits per heavy atom. The number of amides is 2. The lowest BCUT2D eigenvalue weighted by molar-refractivity contribution is -0.126. The van der Waals surface area contributed by atoms with E-state index in [4.69, 9.17) is 5.26 Å². The molecule has 1 aliphatic rings. The molecule has 0 unspecified atom stereocenters. The fourth-order valence-electron chi connectivity index (χ4n) is 3.60. The smallest absolute Gasteiger partial charge is 0.253 e. The zero-order valence-corrected chi connectivity index (χ0v) is 16.8. The standard InChI is InChI=1S/C21H30N4O2/c1-21(2,15-24(3)4)14-23-19(26)17-9-11-25(12-10-17)20(27)18-7-5-16(13-22)6-8-18/h5-8,17H,9-12,14-15H2,1-4H3,(H,23,26). The fraction of sp³-hybridized carbons (Fsp3) is 0.571. The lowest BCUT2D eigenvalue weighted by Gasteiger charge is -2.33. The number of nitriles is 1. The number of carbonyl (C=O) groups excluding carboxylic acids is 2. The second-order valence-corrected chi connectivity index (χ2v) is 8.38. The van der Waals surface area contributed by atoms with Crippen LogP contribution in [-0.4, -0.2) is 61.9 Å². The summed E-state index contributed by atoms with van der Waals surface area (Å²) < 4.78 is 0. The van der Waals surface area contributed by atoms with Crippen LogP contribution in [0.1, 0.15) is 42.6 Å². The normalized spacial score (nSPS) is 15.5. The van der Waals surface area contributed by atoms with Gasteiger partial charge in [0.25, 0.3) is 5.91 Å². The fourth-order valence-corrected chi connectivity index (χ4v) is 3.60. The molecule has 2 amide bonds. The molecule has 6 nitrogen and oxygen atoms in total. The summed E-state index contributed by atoms with van der Waals surface area (Å²) in [5, 5.41) is 11.9. The van der Waals surface area contributed by atoms with E-state index in [0.717, 1.165) is 6.54 Å². The molecule has 1 fully saturated rings. The summed E-state index contributed by atoms with van der Waals surface area (Å²) in [6.07, 6.45) is 1.37. The molecular weight excluding hydrogens is 340 g/mol. The summed E-state index contributed by atoms with van der Waals surface area (Å²) >= 11 is 0. The van der Waals surface area contributed by atoms with E-state index in [9.17, 15) is 9.59 Å². The maximum atomic E-state index is 12.6. The summed E-state index contributed by atoms with van der Waals surface area (Å²) in [6.45, 7) is 7.01. The Morgan fingerprint density at radius 2 is 1.81 bits per heavy atom. The van der Waals surface area contributed by atoms with Crippen molar-refractivity contribution in [1.82, 2.24) is 15.1 Å². The van der Waals surface area contributed by atoms with Crippen molar-refractivity contribution in [3.8, 4) is 6.07 Å². The summed E-state index contributed by atoms with van der Waals surface area (Å²) in [5.74, 6) is 0.0166. The van der Waals surface area contributed by atoms with Crippen LogP contribution in [0.3, 0.4) is 0 Å². The highest BCUT2D eigenvalue weighted by Crippen LogP contribution is 2.21. The molecule has 0 radical (unpaired) electrons. The quantitative estimate of drug-likeness (QED) is 0.832. The number of nitrogens with one attached hydrogen (secondary N) is 1. The van der Waals surface area contributed by atoms with Gasteiger partial charge < -0.3 is 15.1 Å². The molecule has 1 heterocycles. The number of likely N-dealkylation sites (tertiary alicyclic amines) is 1. The van der Waals surface area contributed by atoms with Crippen LogP contribution in [0.2, 0.25) is 0 Å². The predicted octanol–water partition coefficient (Wildman–Crippen LogP) is 2.11. The Balaban J connectivity index is 1.82. The van der Waals surface area contributed by atoms with E-state index in [-0.39, 0.29) is 23.1 Å². The first-order valence-corrected chi connectivity index (χ1v) is 9.44. The van der Waals surface area contributed by atoms with E-state index in [1.165, 1.54) is 0 Å². The third-order valence-corrected chi connectivity index (χ3v) is 4.90. The first kappa shape index (κ1) is 20.9. The maximum Gasteiger partial charge on any atom is 0.253 e. The van der Waals surface area contributed by atoms with Crippen molar-refractivity contribution in [1.29, 1.82) is 5.26 Å². The molecule has 2 rings (SSSR count). The van der Waals surface area contributed by atoms with Crippen LogP contribution in [0, 0.1) is 22.7 Å². The Labute approximate surface area is 162 Å². The topological polar surface area (TPSA) is 76.4 Å². The Hall–Kier alpha value is -2.39. The summed E-state index contributed by atoms with van der Waals surface area (Å²) in [4.78, 5) is 29.0. The Morgan fingerprint density at radius 3 is 2.33 bits per heavy atom. The third-order valence-electron chi connectivity index (χ3n) is 4.90. The van der Waals surface area contributed by atoms with Gasteiger partial charge in [-0.25, -0.2) is 0 Å². The molecule has 0 aliphatic carbocycles. The monoisotopic (exact) mass is 370 g/mol. The van der Waals surface area contributed by atoms with Crippen LogP contribution >= 0.6 is 0 Å². The largest absolute Gasteiger partial charge is 0.355 e. The molecule has 27 heavy (non-hydrogen) atoms. The molecule has 0 saturated carbocycles. The van der Waals surface area contributed by atoms with Crippen LogP contribution in [0.25, 0.3) is 0 Å². The van der Waals surface area contributed by atoms with Crippen molar-refractivity contribution in [3.05, 3.63) is 35.4 Å². The number of rotatable bonds is 6. The van der Waals surface area contributed by atoms with Gasteiger partial charge >= 0.3 is 0 Å². The van der Waals surface area contributed by atoms with Crippen LogP contribution < -0.4 is 5.32 Å². The maximum absolute atomic E-state index is 12.6. The minimum absolute atomic E-state index is 0.0193. The van der Waals surface area contributed by atoms with Crippen molar-refractivity contribution in [2.24, 2.45) is 11.3 Å². The van der Waals surface area contributed by atoms with Gasteiger partial charge in [0.15, 0.2) is 0 Å². The van der Waals surface area contributed by atoms with Crippen molar-refractivity contribution in [3.63, 3.8) is 0 Å². The molecule has 146 valence electrons. The van der Waals surface area contributed by atoms with Gasteiger partial charge in [0, 0.05) is 37.7 Å². The Kier molecular flexibility index (Phi) is 6.98. The number of carbonyl (C=O) groups is 2. The Bertz CT molecular complexity index is 696. The van der Waals surface area contributed by atoms with Crippen molar-refractivity contribution in [2.45, 2.75) is 26.7 Å². The van der Waals surface area contributed by atoms with Gasteiger partial charge in [-0.15, -0.1) is 0 Å². The van der Waals surface area contributed by atoms with E-state index < -0.39 is 0 Å². The first-order valence-electron chi connectivity index (χ1n) is 9.44. The summed E-state index contributed by atoms with van der Waals surface area (Å²) in [5.41, 5.74) is 1.15. The highest BCUT2D eigenvalue weighted by molar-refractivity contribution is 5.94. The van der Waals surface area contributed by atoms with E-state index in [1.807, 2.05) is 14.1 Å². The van der Waals surface area contributed by atoms with E-state index in [0.29, 0.717) is 43.6 Å². The van der Waals surface area contributed by atoms with Crippen molar-refractivity contribution in [2.75, 3.05) is 40.3 Å². The molecule has 1 aliphatic heterocycles. The van der Waals surface area contributed by atoms with Crippen LogP contribution in [0.4, 0.5) is 0 Å². The van der Waals surface area contributed by atoms with Crippen LogP contribution in [0.5, 0.6) is 0 Å². The van der Waals surface area contributed by atoms with Gasteiger partial charge in [-0.1, -0.05) is 13.8 Å². The molecule has 1 aromatic carbocycles. The molecular formula is C21H30N4O2. The number of hydrogen-bond donors (Lipinski definition) is 1. The third kappa shape index (κ3) is 6.07. The molecule has 6 heteroatoms. The van der Waals surface area contributed by atoms with E-state index >= 15 is 0 Å². The lowest BCUT2D eigenvalue weighted by Crippen LogP contribution is -2.46. The lowest BCUT2D eigenvalue weighted by atomic mass is 9.91. The van der Waals surface area contributed by atoms with Gasteiger partial charge in [-0.2, -0.15) is 5.26 Å². The number of nitrogens with zero attached hydrogens (tertiary/aromatic N) is 3. The van der Waals surface area contributed by atoms with E-state index in [1.54, 1.807) is 29.2 Å². The number of piperidine rings is 1. The molecule has 1 aromatic rings. The van der Waals surface area contributed by atoms with Gasteiger partial charge in [0.2, 0.25) is 5.91 Å². The second-order valence-electron chi connectivity index (χ2n) is 8.38. The van der Waals surface area contributed by atoms with Gasteiger partial charge in [-0.05, 0) is 56.6 Å². The zero-order valence-electron chi connectivity index (χ0n) is 16.8. The highest BCUT2D eigenvalue weighted by Gasteiger charge is 2.29. The van der Waals surface area contributed by atoms with E-state index in [2.05, 4.69) is 30.1 Å². The molecule has 0 spiro atoms. The van der Waals surface area contributed by atoms with Gasteiger partial charge in [0.05, 0.1) is 11.6 Å². The number of benzene rings is 1. The predicted molar refractivity (Wildman–Crippen MR) is 105 cm³/mol. The van der Waals surface area contributed by atoms with Crippen LogP contribution in [0.15, 0.2) is 24.3 Å². The summed E-state index contributed by atoms with van der Waals surface area (Å²) in [7, 11) is 4.06. The zero-order chi connectivity index (χ0) is 20.0. The second kappa shape index (κ2) is 9.01. The van der Waals surface area contributed by atoms with Gasteiger partial charge in [-0.3, -0.25) is 9.59 Å². The molecule has 0 aromatic heterocycles. The highest BCUT2D eigenvalue weighted by atomic mass is 16.2. The molecule has 1 N–H and O–H groups in total. The summed E-state index contributed by atoms with van der Waals surface area (Å²) in [6, 6.07) is 8.74. The minimum atomic E-state index is -0.0369. The van der Waals surface area contributed by atoms with Gasteiger partial charge in [0.1, 0.15) is 0 Å².